The highest BCUT2D eigenvalue weighted by Crippen LogP contribution is 2.31. The standard InChI is InChI=1S/C25H26ClNO7/c1-14(2)32-25(30)34-16(4)33-23(28)13-20-15(3)27(22-11-10-19(31-5)12-21(20)22)24(29)17-6-8-18(26)9-7-17/h6-12,14,16H,13H2,1-5H3. The van der Waals surface area contributed by atoms with Crippen LogP contribution in [0.3, 0.4) is 0 Å². The lowest BCUT2D eigenvalue weighted by Gasteiger charge is -2.15. The maximum Gasteiger partial charge on any atom is 0.511 e. The summed E-state index contributed by atoms with van der Waals surface area (Å²) in [5.74, 6) is -0.322. The molecule has 0 aliphatic carbocycles. The molecule has 0 spiro atoms. The summed E-state index contributed by atoms with van der Waals surface area (Å²) in [5, 5.41) is 1.19. The number of rotatable bonds is 7. The normalized spacial score (nSPS) is 11.9. The van der Waals surface area contributed by atoms with Crippen LogP contribution < -0.4 is 4.74 Å². The van der Waals surface area contributed by atoms with Crippen LogP contribution >= 0.6 is 11.6 Å². The second kappa shape index (κ2) is 10.6. The molecule has 34 heavy (non-hydrogen) atoms. The smallest absolute Gasteiger partial charge is 0.497 e. The van der Waals surface area contributed by atoms with E-state index in [0.29, 0.717) is 38.5 Å². The first-order valence-corrected chi connectivity index (χ1v) is 11.0. The highest BCUT2D eigenvalue weighted by molar-refractivity contribution is 6.30. The first kappa shape index (κ1) is 25.1. The van der Waals surface area contributed by atoms with Crippen LogP contribution in [0.15, 0.2) is 42.5 Å². The Morgan fingerprint density at radius 3 is 2.26 bits per heavy atom. The molecular weight excluding hydrogens is 462 g/mol. The van der Waals surface area contributed by atoms with E-state index in [9.17, 15) is 14.4 Å². The number of aromatic nitrogens is 1. The molecule has 0 saturated carbocycles. The number of carbonyl (C=O) groups excluding carboxylic acids is 3. The molecule has 0 saturated heterocycles. The van der Waals surface area contributed by atoms with E-state index in [4.69, 9.17) is 30.5 Å². The van der Waals surface area contributed by atoms with Gasteiger partial charge in [0.25, 0.3) is 5.91 Å². The SMILES string of the molecule is COc1ccc2c(c1)c(CC(=O)OC(C)OC(=O)OC(C)C)c(C)n2C(=O)c1ccc(Cl)cc1. The summed E-state index contributed by atoms with van der Waals surface area (Å²) >= 11 is 5.96. The second-order valence-electron chi connectivity index (χ2n) is 7.86. The molecule has 0 fully saturated rings. The van der Waals surface area contributed by atoms with Crippen LogP contribution in [0.4, 0.5) is 4.79 Å². The lowest BCUT2D eigenvalue weighted by molar-refractivity contribution is -0.167. The summed E-state index contributed by atoms with van der Waals surface area (Å²) in [6, 6.07) is 11.8. The molecule has 1 heterocycles. The van der Waals surface area contributed by atoms with Crippen molar-refractivity contribution in [3.8, 4) is 5.75 Å². The minimum atomic E-state index is -1.14. The molecule has 0 aliphatic heterocycles. The van der Waals surface area contributed by atoms with Gasteiger partial charge in [-0.05, 0) is 68.8 Å². The van der Waals surface area contributed by atoms with Gasteiger partial charge in [-0.2, -0.15) is 0 Å². The van der Waals surface area contributed by atoms with Crippen LogP contribution in [0.5, 0.6) is 5.75 Å². The van der Waals surface area contributed by atoms with Crippen LogP contribution in [0.1, 0.15) is 42.4 Å². The van der Waals surface area contributed by atoms with E-state index in [2.05, 4.69) is 0 Å². The van der Waals surface area contributed by atoms with E-state index in [1.807, 2.05) is 0 Å². The minimum absolute atomic E-state index is 0.149. The van der Waals surface area contributed by atoms with Crippen molar-refractivity contribution in [3.63, 3.8) is 0 Å². The van der Waals surface area contributed by atoms with Gasteiger partial charge in [0.1, 0.15) is 5.75 Å². The van der Waals surface area contributed by atoms with Crippen LogP contribution in [-0.2, 0) is 25.4 Å². The number of ether oxygens (including phenoxy) is 4. The zero-order valence-electron chi connectivity index (χ0n) is 19.6. The summed E-state index contributed by atoms with van der Waals surface area (Å²) in [6.45, 7) is 6.53. The Bertz CT molecular complexity index is 1210. The average Bonchev–Trinajstić information content (AvgIpc) is 3.03. The Balaban J connectivity index is 1.91. The third kappa shape index (κ3) is 5.69. The molecule has 3 aromatic rings. The van der Waals surface area contributed by atoms with Crippen LogP contribution in [0, 0.1) is 6.92 Å². The van der Waals surface area contributed by atoms with Gasteiger partial charge < -0.3 is 18.9 Å². The van der Waals surface area contributed by atoms with Crippen molar-refractivity contribution in [2.24, 2.45) is 0 Å². The maximum atomic E-state index is 13.3. The number of methoxy groups -OCH3 is 1. The van der Waals surface area contributed by atoms with E-state index in [-0.39, 0.29) is 18.4 Å². The average molecular weight is 488 g/mol. The van der Waals surface area contributed by atoms with Gasteiger partial charge in [0.05, 0.1) is 25.2 Å². The molecule has 8 nitrogen and oxygen atoms in total. The van der Waals surface area contributed by atoms with E-state index in [1.54, 1.807) is 67.8 Å². The van der Waals surface area contributed by atoms with Gasteiger partial charge in [-0.1, -0.05) is 11.6 Å². The van der Waals surface area contributed by atoms with Gasteiger partial charge in [-0.15, -0.1) is 0 Å². The maximum absolute atomic E-state index is 13.3. The monoisotopic (exact) mass is 487 g/mol. The number of benzene rings is 2. The van der Waals surface area contributed by atoms with Crippen LogP contribution in [0.2, 0.25) is 5.02 Å². The Morgan fingerprint density at radius 1 is 0.971 bits per heavy atom. The molecule has 0 N–H and O–H groups in total. The Hall–Kier alpha value is -3.52. The number of nitrogens with zero attached hydrogens (tertiary/aromatic N) is 1. The predicted molar refractivity (Wildman–Crippen MR) is 126 cm³/mol. The number of hydrogen-bond donors (Lipinski definition) is 0. The number of fused-ring (bicyclic) bond motifs is 1. The zero-order chi connectivity index (χ0) is 25.0. The highest BCUT2D eigenvalue weighted by Gasteiger charge is 2.24. The quantitative estimate of drug-likeness (QED) is 0.330. The molecule has 3 rings (SSSR count). The molecular formula is C25H26ClNO7. The predicted octanol–water partition coefficient (Wildman–Crippen LogP) is 5.29. The lowest BCUT2D eigenvalue weighted by Crippen LogP contribution is -2.24. The zero-order valence-corrected chi connectivity index (χ0v) is 20.3. The highest BCUT2D eigenvalue weighted by atomic mass is 35.5. The molecule has 180 valence electrons. The Labute approximate surface area is 202 Å². The molecule has 0 radical (unpaired) electrons. The lowest BCUT2D eigenvalue weighted by atomic mass is 10.1. The topological polar surface area (TPSA) is 93.1 Å². The van der Waals surface area contributed by atoms with Crippen molar-refractivity contribution >= 4 is 40.5 Å². The van der Waals surface area contributed by atoms with Crippen molar-refractivity contribution in [2.45, 2.75) is 46.5 Å². The van der Waals surface area contributed by atoms with Gasteiger partial charge in [0.2, 0.25) is 6.29 Å². The van der Waals surface area contributed by atoms with Crippen LogP contribution in [0.25, 0.3) is 10.9 Å². The third-order valence-electron chi connectivity index (χ3n) is 5.05. The Morgan fingerprint density at radius 2 is 1.65 bits per heavy atom. The number of carbonyl (C=O) groups is 3. The molecule has 1 aromatic heterocycles. The fraction of sp³-hybridized carbons (Fsp3) is 0.320. The van der Waals surface area contributed by atoms with Crippen molar-refractivity contribution in [1.82, 2.24) is 4.57 Å². The fourth-order valence-corrected chi connectivity index (χ4v) is 3.67. The largest absolute Gasteiger partial charge is 0.511 e. The third-order valence-corrected chi connectivity index (χ3v) is 5.30. The van der Waals surface area contributed by atoms with E-state index >= 15 is 0 Å². The van der Waals surface area contributed by atoms with E-state index in [0.717, 1.165) is 0 Å². The molecule has 1 unspecified atom stereocenters. The first-order valence-electron chi connectivity index (χ1n) is 10.7. The van der Waals surface area contributed by atoms with E-state index < -0.39 is 18.4 Å². The summed E-state index contributed by atoms with van der Waals surface area (Å²) in [7, 11) is 1.53. The van der Waals surface area contributed by atoms with Crippen molar-refractivity contribution in [2.75, 3.05) is 7.11 Å². The number of halogens is 1. The van der Waals surface area contributed by atoms with Gasteiger partial charge in [0.15, 0.2) is 0 Å². The number of esters is 1. The minimum Gasteiger partial charge on any atom is -0.497 e. The molecule has 1 atom stereocenters. The molecule has 0 aliphatic rings. The van der Waals surface area contributed by atoms with Gasteiger partial charge >= 0.3 is 12.1 Å². The van der Waals surface area contributed by atoms with Gasteiger partial charge in [-0.3, -0.25) is 14.2 Å². The Kier molecular flexibility index (Phi) is 7.83. The molecule has 9 heteroatoms. The van der Waals surface area contributed by atoms with Gasteiger partial charge in [-0.25, -0.2) is 4.79 Å². The summed E-state index contributed by atoms with van der Waals surface area (Å²) in [6.07, 6.45) is -2.58. The van der Waals surface area contributed by atoms with Gasteiger partial charge in [0, 0.05) is 28.6 Å². The summed E-state index contributed by atoms with van der Waals surface area (Å²) in [5.41, 5.74) is 2.23. The molecule has 0 amide bonds. The van der Waals surface area contributed by atoms with Crippen molar-refractivity contribution < 1.29 is 33.3 Å². The van der Waals surface area contributed by atoms with Crippen molar-refractivity contribution in [3.05, 3.63) is 64.3 Å². The second-order valence-corrected chi connectivity index (χ2v) is 8.30. The number of hydrogen-bond acceptors (Lipinski definition) is 7. The molecule has 2 aromatic carbocycles. The van der Waals surface area contributed by atoms with Crippen LogP contribution in [-0.4, -0.2) is 42.1 Å². The van der Waals surface area contributed by atoms with E-state index in [1.165, 1.54) is 14.0 Å². The van der Waals surface area contributed by atoms with Crippen molar-refractivity contribution in [1.29, 1.82) is 0 Å². The fourth-order valence-electron chi connectivity index (χ4n) is 3.55. The molecule has 0 bridgehead atoms. The summed E-state index contributed by atoms with van der Waals surface area (Å²) in [4.78, 5) is 37.6. The summed E-state index contributed by atoms with van der Waals surface area (Å²) < 4.78 is 21.9. The first-order chi connectivity index (χ1) is 16.1.